The average molecular weight is 442 g/mol. The van der Waals surface area contributed by atoms with Crippen molar-refractivity contribution in [2.45, 2.75) is 22.4 Å². The molecule has 0 atom stereocenters. The fourth-order valence-corrected chi connectivity index (χ4v) is 4.20. The molecule has 1 aliphatic heterocycles. The first kappa shape index (κ1) is 21.0. The van der Waals surface area contributed by atoms with Gasteiger partial charge in [-0.05, 0) is 54.4 Å². The van der Waals surface area contributed by atoms with Gasteiger partial charge in [-0.25, -0.2) is 0 Å². The highest BCUT2D eigenvalue weighted by atomic mass is 32.2. The summed E-state index contributed by atoms with van der Waals surface area (Å²) in [6, 6.07) is 17.2. The molecule has 3 aromatic rings. The van der Waals surface area contributed by atoms with Gasteiger partial charge in [0.15, 0.2) is 0 Å². The molecule has 1 aliphatic rings. The zero-order chi connectivity index (χ0) is 22.0. The molecule has 2 N–H and O–H groups in total. The second kappa shape index (κ2) is 8.47. The van der Waals surface area contributed by atoms with E-state index in [4.69, 9.17) is 0 Å². The maximum absolute atomic E-state index is 12.6. The van der Waals surface area contributed by atoms with Gasteiger partial charge in [0.25, 0.3) is 11.8 Å². The van der Waals surface area contributed by atoms with E-state index in [0.29, 0.717) is 28.8 Å². The molecule has 8 heteroatoms. The third kappa shape index (κ3) is 4.74. The van der Waals surface area contributed by atoms with Crippen molar-refractivity contribution < 1.29 is 22.8 Å². The Labute approximate surface area is 180 Å². The van der Waals surface area contributed by atoms with Crippen LogP contribution < -0.4 is 10.6 Å². The molecule has 2 amide bonds. The molecule has 158 valence electrons. The lowest BCUT2D eigenvalue weighted by molar-refractivity contribution is -0.137. The third-order valence-corrected chi connectivity index (χ3v) is 5.97. The van der Waals surface area contributed by atoms with E-state index in [0.717, 1.165) is 21.9 Å². The Balaban J connectivity index is 1.40. The number of anilines is 1. The van der Waals surface area contributed by atoms with Crippen LogP contribution in [0.2, 0.25) is 0 Å². The lowest BCUT2D eigenvalue weighted by Gasteiger charge is -2.10. The Morgan fingerprint density at radius 1 is 0.968 bits per heavy atom. The molecule has 0 bridgehead atoms. The van der Waals surface area contributed by atoms with Crippen LogP contribution in [0.5, 0.6) is 0 Å². The van der Waals surface area contributed by atoms with Crippen molar-refractivity contribution in [3.8, 4) is 0 Å². The monoisotopic (exact) mass is 442 g/mol. The highest BCUT2D eigenvalue weighted by Crippen LogP contribution is 2.39. The summed E-state index contributed by atoms with van der Waals surface area (Å²) in [5.41, 5.74) is 1.51. The van der Waals surface area contributed by atoms with Crippen molar-refractivity contribution in [3.63, 3.8) is 0 Å². The number of amides is 2. The standard InChI is InChI=1S/C23H17F3N2O2S/c24-23(25,26)16-8-5-14(6-9-16)11-12-27-21(29)15-7-10-20-18(13-15)28-22(30)17-3-1-2-4-19(17)31-20/h1-10,13H,11-12H2,(H,27,29)(H,28,30). The molecule has 4 rings (SSSR count). The van der Waals surface area contributed by atoms with Gasteiger partial charge in [0.1, 0.15) is 0 Å². The summed E-state index contributed by atoms with van der Waals surface area (Å²) >= 11 is 1.45. The molecule has 0 aromatic heterocycles. The van der Waals surface area contributed by atoms with Crippen LogP contribution in [0.25, 0.3) is 0 Å². The number of halogens is 3. The van der Waals surface area contributed by atoms with Crippen LogP contribution >= 0.6 is 11.8 Å². The van der Waals surface area contributed by atoms with Crippen LogP contribution in [0.3, 0.4) is 0 Å². The van der Waals surface area contributed by atoms with Gasteiger partial charge in [0.05, 0.1) is 16.8 Å². The molecule has 31 heavy (non-hydrogen) atoms. The Morgan fingerprint density at radius 3 is 2.45 bits per heavy atom. The van der Waals surface area contributed by atoms with Crippen molar-refractivity contribution in [1.82, 2.24) is 5.32 Å². The molecule has 0 spiro atoms. The second-order valence-electron chi connectivity index (χ2n) is 6.96. The maximum Gasteiger partial charge on any atom is 0.416 e. The minimum absolute atomic E-state index is 0.235. The van der Waals surface area contributed by atoms with Crippen LogP contribution in [-0.2, 0) is 12.6 Å². The summed E-state index contributed by atoms with van der Waals surface area (Å²) in [5, 5.41) is 5.60. The summed E-state index contributed by atoms with van der Waals surface area (Å²) in [6.45, 7) is 0.272. The zero-order valence-corrected chi connectivity index (χ0v) is 16.9. The minimum atomic E-state index is -4.37. The number of rotatable bonds is 4. The summed E-state index contributed by atoms with van der Waals surface area (Å²) in [4.78, 5) is 26.7. The van der Waals surface area contributed by atoms with E-state index in [1.54, 1.807) is 30.3 Å². The van der Waals surface area contributed by atoms with Crippen molar-refractivity contribution in [2.24, 2.45) is 0 Å². The normalized spacial score (nSPS) is 12.9. The van der Waals surface area contributed by atoms with Crippen molar-refractivity contribution >= 4 is 29.3 Å². The fraction of sp³-hybridized carbons (Fsp3) is 0.130. The number of carbonyl (C=O) groups excluding carboxylic acids is 2. The summed E-state index contributed by atoms with van der Waals surface area (Å²) in [5.74, 6) is -0.558. The van der Waals surface area contributed by atoms with Crippen LogP contribution in [-0.4, -0.2) is 18.4 Å². The average Bonchev–Trinajstić information content (AvgIpc) is 2.88. The fourth-order valence-electron chi connectivity index (χ4n) is 3.19. The van der Waals surface area contributed by atoms with E-state index < -0.39 is 11.7 Å². The van der Waals surface area contributed by atoms with Gasteiger partial charge in [0.2, 0.25) is 0 Å². The first-order chi connectivity index (χ1) is 14.8. The highest BCUT2D eigenvalue weighted by Gasteiger charge is 2.29. The molecule has 0 unspecified atom stereocenters. The predicted molar refractivity (Wildman–Crippen MR) is 112 cm³/mol. The van der Waals surface area contributed by atoms with Crippen LogP contribution in [0, 0.1) is 0 Å². The number of hydrogen-bond acceptors (Lipinski definition) is 3. The van der Waals surface area contributed by atoms with Crippen molar-refractivity contribution in [2.75, 3.05) is 11.9 Å². The van der Waals surface area contributed by atoms with Crippen LogP contribution in [0.15, 0.2) is 76.5 Å². The summed E-state index contributed by atoms with van der Waals surface area (Å²) < 4.78 is 37.9. The molecule has 0 aliphatic carbocycles. The number of nitrogens with one attached hydrogen (secondary N) is 2. The first-order valence-electron chi connectivity index (χ1n) is 9.48. The van der Waals surface area contributed by atoms with E-state index in [9.17, 15) is 22.8 Å². The van der Waals surface area contributed by atoms with Gasteiger partial charge in [-0.1, -0.05) is 36.0 Å². The minimum Gasteiger partial charge on any atom is -0.352 e. The first-order valence-corrected chi connectivity index (χ1v) is 10.3. The number of carbonyl (C=O) groups is 2. The molecular weight excluding hydrogens is 425 g/mol. The number of benzene rings is 3. The molecule has 0 saturated heterocycles. The van der Waals surface area contributed by atoms with E-state index in [1.807, 2.05) is 12.1 Å². The topological polar surface area (TPSA) is 58.2 Å². The molecule has 0 saturated carbocycles. The van der Waals surface area contributed by atoms with Gasteiger partial charge >= 0.3 is 6.18 Å². The maximum atomic E-state index is 12.6. The highest BCUT2D eigenvalue weighted by molar-refractivity contribution is 7.99. The Hall–Kier alpha value is -3.26. The largest absolute Gasteiger partial charge is 0.416 e. The quantitative estimate of drug-likeness (QED) is 0.569. The van der Waals surface area contributed by atoms with E-state index in [2.05, 4.69) is 10.6 Å². The predicted octanol–water partition coefficient (Wildman–Crippen LogP) is 5.39. The van der Waals surface area contributed by atoms with Crippen molar-refractivity contribution in [1.29, 1.82) is 0 Å². The van der Waals surface area contributed by atoms with Gasteiger partial charge in [-0.3, -0.25) is 9.59 Å². The van der Waals surface area contributed by atoms with E-state index in [-0.39, 0.29) is 18.4 Å². The third-order valence-electron chi connectivity index (χ3n) is 4.82. The molecule has 4 nitrogen and oxygen atoms in total. The van der Waals surface area contributed by atoms with Crippen LogP contribution in [0.1, 0.15) is 31.8 Å². The molecule has 0 fully saturated rings. The van der Waals surface area contributed by atoms with Gasteiger partial charge < -0.3 is 10.6 Å². The number of fused-ring (bicyclic) bond motifs is 2. The second-order valence-corrected chi connectivity index (χ2v) is 8.05. The number of alkyl halides is 3. The molecular formula is C23H17F3N2O2S. The number of hydrogen-bond donors (Lipinski definition) is 2. The Kier molecular flexibility index (Phi) is 5.73. The molecule has 3 aromatic carbocycles. The lowest BCUT2D eigenvalue weighted by Crippen LogP contribution is -2.26. The van der Waals surface area contributed by atoms with Gasteiger partial charge in [-0.15, -0.1) is 0 Å². The summed E-state index contributed by atoms with van der Waals surface area (Å²) in [7, 11) is 0. The Bertz CT molecular complexity index is 1140. The van der Waals surface area contributed by atoms with E-state index in [1.165, 1.54) is 23.9 Å². The van der Waals surface area contributed by atoms with Gasteiger partial charge in [-0.2, -0.15) is 13.2 Å². The Morgan fingerprint density at radius 2 is 1.71 bits per heavy atom. The smallest absolute Gasteiger partial charge is 0.352 e. The van der Waals surface area contributed by atoms with Gasteiger partial charge in [0, 0.05) is 21.9 Å². The summed E-state index contributed by atoms with van der Waals surface area (Å²) in [6.07, 6.45) is -3.97. The van der Waals surface area contributed by atoms with Crippen LogP contribution in [0.4, 0.5) is 18.9 Å². The van der Waals surface area contributed by atoms with Crippen molar-refractivity contribution in [3.05, 3.63) is 89.0 Å². The molecule has 1 heterocycles. The van der Waals surface area contributed by atoms with E-state index >= 15 is 0 Å². The lowest BCUT2D eigenvalue weighted by atomic mass is 10.1. The molecule has 0 radical (unpaired) electrons. The zero-order valence-electron chi connectivity index (χ0n) is 16.1. The SMILES string of the molecule is O=C(NCCc1ccc(C(F)(F)F)cc1)c1ccc2c(c1)NC(=O)c1ccccc1S2.